The second-order valence-corrected chi connectivity index (χ2v) is 2.57. The van der Waals surface area contributed by atoms with E-state index in [1.165, 1.54) is 6.08 Å². The van der Waals surface area contributed by atoms with Crippen LogP contribution in [0.4, 0.5) is 0 Å². The van der Waals surface area contributed by atoms with Gasteiger partial charge in [-0.25, -0.2) is 0 Å². The molecule has 0 aromatic heterocycles. The average Bonchev–Trinajstić information content (AvgIpc) is 2.29. The van der Waals surface area contributed by atoms with Crippen LogP contribution in [0.3, 0.4) is 0 Å². The van der Waals surface area contributed by atoms with Gasteiger partial charge in [0.2, 0.25) is 5.91 Å². The second kappa shape index (κ2) is 2.08. The van der Waals surface area contributed by atoms with Crippen molar-refractivity contribution >= 4 is 12.2 Å². The zero-order valence-corrected chi connectivity index (χ0v) is 5.82. The van der Waals surface area contributed by atoms with E-state index in [0.29, 0.717) is 25.0 Å². The van der Waals surface area contributed by atoms with Crippen molar-refractivity contribution in [2.75, 3.05) is 6.54 Å². The fourth-order valence-corrected chi connectivity index (χ4v) is 1.27. The van der Waals surface area contributed by atoms with Crippen LogP contribution in [-0.2, 0) is 14.3 Å². The molecule has 0 bridgehead atoms. The van der Waals surface area contributed by atoms with Gasteiger partial charge in [0.05, 0.1) is 13.0 Å². The number of carbonyl (C=O) groups is 2. The van der Waals surface area contributed by atoms with E-state index in [1.807, 2.05) is 0 Å². The Hall–Kier alpha value is -1.32. The van der Waals surface area contributed by atoms with E-state index in [1.54, 1.807) is 4.90 Å². The van der Waals surface area contributed by atoms with Crippen molar-refractivity contribution in [1.29, 1.82) is 0 Å². The molecule has 58 valence electrons. The van der Waals surface area contributed by atoms with E-state index >= 15 is 0 Å². The van der Waals surface area contributed by atoms with Gasteiger partial charge in [-0.3, -0.25) is 14.5 Å². The van der Waals surface area contributed by atoms with Gasteiger partial charge >= 0.3 is 0 Å². The smallest absolute Gasteiger partial charge is 0.231 e. The van der Waals surface area contributed by atoms with E-state index in [9.17, 15) is 9.59 Å². The molecule has 0 aromatic rings. The molecule has 4 nitrogen and oxygen atoms in total. The molecule has 1 amide bonds. The molecule has 2 aliphatic rings. The number of hydrogen-bond acceptors (Lipinski definition) is 3. The first-order valence-corrected chi connectivity index (χ1v) is 3.42. The SMILES string of the molecule is O=CC=C1CN2C(=O)CC2O1. The molecule has 0 N–H and O–H groups in total. The fraction of sp³-hybridized carbons (Fsp3) is 0.429. The van der Waals surface area contributed by atoms with Gasteiger partial charge in [0, 0.05) is 6.08 Å². The Kier molecular flexibility index (Phi) is 1.21. The normalized spacial score (nSPS) is 31.3. The molecule has 2 aliphatic heterocycles. The van der Waals surface area contributed by atoms with E-state index in [0.717, 1.165) is 0 Å². The fourth-order valence-electron chi connectivity index (χ4n) is 1.27. The zero-order chi connectivity index (χ0) is 7.84. The van der Waals surface area contributed by atoms with Crippen LogP contribution in [0, 0.1) is 0 Å². The molecule has 0 aliphatic carbocycles. The first-order valence-electron chi connectivity index (χ1n) is 3.42. The number of nitrogens with zero attached hydrogens (tertiary/aromatic N) is 1. The number of β-lactam (4-membered cyclic amide) rings is 1. The van der Waals surface area contributed by atoms with Gasteiger partial charge in [0.1, 0.15) is 12.0 Å². The van der Waals surface area contributed by atoms with Crippen LogP contribution >= 0.6 is 0 Å². The summed E-state index contributed by atoms with van der Waals surface area (Å²) in [7, 11) is 0. The molecule has 0 saturated carbocycles. The van der Waals surface area contributed by atoms with Gasteiger partial charge in [0.15, 0.2) is 6.23 Å². The highest BCUT2D eigenvalue weighted by Crippen LogP contribution is 2.29. The van der Waals surface area contributed by atoms with Crippen LogP contribution < -0.4 is 0 Å². The number of aldehydes is 1. The molecule has 1 atom stereocenters. The minimum atomic E-state index is -0.0892. The van der Waals surface area contributed by atoms with Gasteiger partial charge in [-0.05, 0) is 0 Å². The Labute approximate surface area is 63.4 Å². The molecule has 2 fully saturated rings. The Morgan fingerprint density at radius 1 is 1.64 bits per heavy atom. The van der Waals surface area contributed by atoms with Gasteiger partial charge in [-0.2, -0.15) is 0 Å². The number of rotatable bonds is 1. The van der Waals surface area contributed by atoms with E-state index in [4.69, 9.17) is 4.74 Å². The minimum Gasteiger partial charge on any atom is -0.472 e. The Bertz CT molecular complexity index is 246. The number of fused-ring (bicyclic) bond motifs is 1. The molecule has 0 aromatic carbocycles. The monoisotopic (exact) mass is 153 g/mol. The molecule has 0 spiro atoms. The number of amides is 1. The maximum atomic E-state index is 10.8. The third kappa shape index (κ3) is 0.824. The van der Waals surface area contributed by atoms with Gasteiger partial charge in [-0.1, -0.05) is 0 Å². The third-order valence-electron chi connectivity index (χ3n) is 1.88. The van der Waals surface area contributed by atoms with Crippen LogP contribution in [0.25, 0.3) is 0 Å². The second-order valence-electron chi connectivity index (χ2n) is 2.57. The summed E-state index contributed by atoms with van der Waals surface area (Å²) in [5, 5.41) is 0. The number of allylic oxidation sites excluding steroid dienone is 1. The maximum absolute atomic E-state index is 10.8. The van der Waals surface area contributed by atoms with Crippen molar-refractivity contribution in [2.45, 2.75) is 12.6 Å². The van der Waals surface area contributed by atoms with E-state index in [-0.39, 0.29) is 12.1 Å². The first kappa shape index (κ1) is 6.39. The largest absolute Gasteiger partial charge is 0.472 e. The number of ether oxygens (including phenoxy) is 1. The molecule has 2 rings (SSSR count). The quantitative estimate of drug-likeness (QED) is 0.294. The van der Waals surface area contributed by atoms with E-state index < -0.39 is 0 Å². The standard InChI is InChI=1S/C7H7NO3/c9-2-1-5-4-8-6(10)3-7(8)11-5/h1-2,7H,3-4H2. The Morgan fingerprint density at radius 2 is 2.45 bits per heavy atom. The van der Waals surface area contributed by atoms with Crippen LogP contribution in [-0.4, -0.2) is 29.9 Å². The molecule has 11 heavy (non-hydrogen) atoms. The first-order chi connectivity index (χ1) is 5.31. The lowest BCUT2D eigenvalue weighted by molar-refractivity contribution is -0.153. The summed E-state index contributed by atoms with van der Waals surface area (Å²) >= 11 is 0. The van der Waals surface area contributed by atoms with Crippen LogP contribution in [0.1, 0.15) is 6.42 Å². The molecular formula is C7H7NO3. The van der Waals surface area contributed by atoms with Gasteiger partial charge in [-0.15, -0.1) is 0 Å². The summed E-state index contributed by atoms with van der Waals surface area (Å²) in [6.45, 7) is 0.461. The maximum Gasteiger partial charge on any atom is 0.231 e. The van der Waals surface area contributed by atoms with Crippen molar-refractivity contribution in [1.82, 2.24) is 4.90 Å². The van der Waals surface area contributed by atoms with Crippen LogP contribution in [0.5, 0.6) is 0 Å². The summed E-state index contributed by atoms with van der Waals surface area (Å²) in [6.07, 6.45) is 2.39. The average molecular weight is 153 g/mol. The number of hydrogen-bond donors (Lipinski definition) is 0. The molecule has 2 saturated heterocycles. The minimum absolute atomic E-state index is 0.0892. The highest BCUT2D eigenvalue weighted by atomic mass is 16.5. The van der Waals surface area contributed by atoms with Gasteiger partial charge in [0.25, 0.3) is 0 Å². The van der Waals surface area contributed by atoms with Crippen molar-refractivity contribution in [3.8, 4) is 0 Å². The van der Waals surface area contributed by atoms with Crippen LogP contribution in [0.15, 0.2) is 11.8 Å². The summed E-state index contributed by atoms with van der Waals surface area (Å²) < 4.78 is 5.21. The highest BCUT2D eigenvalue weighted by molar-refractivity contribution is 5.83. The van der Waals surface area contributed by atoms with Crippen molar-refractivity contribution in [2.24, 2.45) is 0 Å². The van der Waals surface area contributed by atoms with E-state index in [2.05, 4.69) is 0 Å². The summed E-state index contributed by atoms with van der Waals surface area (Å²) in [4.78, 5) is 22.4. The molecule has 2 heterocycles. The zero-order valence-electron chi connectivity index (χ0n) is 5.82. The lowest BCUT2D eigenvalue weighted by Crippen LogP contribution is -2.48. The van der Waals surface area contributed by atoms with Crippen molar-refractivity contribution in [3.05, 3.63) is 11.8 Å². The summed E-state index contributed by atoms with van der Waals surface area (Å²) in [5.41, 5.74) is 0. The molecule has 1 unspecified atom stereocenters. The number of carbonyl (C=O) groups excluding carboxylic acids is 2. The molecular weight excluding hydrogens is 146 g/mol. The predicted octanol–water partition coefficient (Wildman–Crippen LogP) is -0.342. The lowest BCUT2D eigenvalue weighted by Gasteiger charge is -2.30. The predicted molar refractivity (Wildman–Crippen MR) is 35.4 cm³/mol. The molecule has 0 radical (unpaired) electrons. The topological polar surface area (TPSA) is 46.6 Å². The Morgan fingerprint density at radius 3 is 3.00 bits per heavy atom. The Balaban J connectivity index is 2.09. The van der Waals surface area contributed by atoms with Crippen molar-refractivity contribution in [3.63, 3.8) is 0 Å². The highest BCUT2D eigenvalue weighted by Gasteiger charge is 2.43. The summed E-state index contributed by atoms with van der Waals surface area (Å²) in [6, 6.07) is 0. The lowest BCUT2D eigenvalue weighted by atomic mass is 10.2. The molecule has 4 heteroatoms. The van der Waals surface area contributed by atoms with Crippen LogP contribution in [0.2, 0.25) is 0 Å². The third-order valence-corrected chi connectivity index (χ3v) is 1.88. The summed E-state index contributed by atoms with van der Waals surface area (Å²) in [5.74, 6) is 0.695. The van der Waals surface area contributed by atoms with Gasteiger partial charge < -0.3 is 4.74 Å². The van der Waals surface area contributed by atoms with Crippen molar-refractivity contribution < 1.29 is 14.3 Å².